The standard InChI is InChI=1S/C22H22N2O4/c1-26-18-10-4-8-16(12-18)20(25)14-27-19-11-5-9-17(13-19)21-23-22(28-24-21)15-6-2-3-7-15/h4-5,8-13,15H,2-3,6-7,14H2,1H3. The second-order valence-electron chi connectivity index (χ2n) is 6.91. The number of rotatable bonds is 7. The van der Waals surface area contributed by atoms with Crippen LogP contribution in [-0.4, -0.2) is 29.6 Å². The fourth-order valence-corrected chi connectivity index (χ4v) is 3.44. The van der Waals surface area contributed by atoms with E-state index in [-0.39, 0.29) is 12.4 Å². The van der Waals surface area contributed by atoms with E-state index >= 15 is 0 Å². The normalized spacial score (nSPS) is 14.2. The zero-order valence-electron chi connectivity index (χ0n) is 15.8. The van der Waals surface area contributed by atoms with Gasteiger partial charge in [-0.15, -0.1) is 0 Å². The lowest BCUT2D eigenvalue weighted by Crippen LogP contribution is -2.11. The van der Waals surface area contributed by atoms with Crippen LogP contribution in [-0.2, 0) is 0 Å². The molecule has 0 N–H and O–H groups in total. The van der Waals surface area contributed by atoms with E-state index in [1.54, 1.807) is 37.4 Å². The highest BCUT2D eigenvalue weighted by atomic mass is 16.5. The Labute approximate surface area is 163 Å². The molecule has 1 heterocycles. The van der Waals surface area contributed by atoms with Crippen molar-refractivity contribution in [2.45, 2.75) is 31.6 Å². The summed E-state index contributed by atoms with van der Waals surface area (Å²) >= 11 is 0. The largest absolute Gasteiger partial charge is 0.497 e. The van der Waals surface area contributed by atoms with Crippen LogP contribution in [0.1, 0.15) is 47.8 Å². The molecular weight excluding hydrogens is 356 g/mol. The topological polar surface area (TPSA) is 74.5 Å². The summed E-state index contributed by atoms with van der Waals surface area (Å²) in [6.45, 7) is -0.0593. The fraction of sp³-hybridized carbons (Fsp3) is 0.318. The second kappa shape index (κ2) is 8.25. The zero-order valence-corrected chi connectivity index (χ0v) is 15.8. The predicted octanol–water partition coefficient (Wildman–Crippen LogP) is 4.66. The molecule has 6 heteroatoms. The second-order valence-corrected chi connectivity index (χ2v) is 6.91. The molecule has 0 bridgehead atoms. The van der Waals surface area contributed by atoms with Gasteiger partial charge in [-0.1, -0.05) is 42.3 Å². The van der Waals surface area contributed by atoms with Gasteiger partial charge in [-0.2, -0.15) is 4.98 Å². The highest BCUT2D eigenvalue weighted by Gasteiger charge is 2.23. The number of hydrogen-bond acceptors (Lipinski definition) is 6. The Morgan fingerprint density at radius 3 is 2.71 bits per heavy atom. The number of carbonyl (C=O) groups is 1. The summed E-state index contributed by atoms with van der Waals surface area (Å²) in [4.78, 5) is 16.9. The Balaban J connectivity index is 1.43. The first kappa shape index (κ1) is 18.2. The Bertz CT molecular complexity index is 960. The minimum absolute atomic E-state index is 0.0593. The van der Waals surface area contributed by atoms with E-state index in [9.17, 15) is 4.79 Å². The molecule has 1 saturated carbocycles. The number of ketones is 1. The lowest BCUT2D eigenvalue weighted by atomic mass is 10.1. The number of nitrogens with zero attached hydrogens (tertiary/aromatic N) is 2. The van der Waals surface area contributed by atoms with E-state index in [0.29, 0.717) is 34.7 Å². The van der Waals surface area contributed by atoms with Gasteiger partial charge in [0.05, 0.1) is 7.11 Å². The fourth-order valence-electron chi connectivity index (χ4n) is 3.44. The van der Waals surface area contributed by atoms with Gasteiger partial charge in [-0.3, -0.25) is 4.79 Å². The maximum atomic E-state index is 12.4. The molecular formula is C22H22N2O4. The SMILES string of the molecule is COc1cccc(C(=O)COc2cccc(-c3noc(C4CCCC4)n3)c2)c1. The molecule has 0 saturated heterocycles. The molecule has 1 fully saturated rings. The minimum atomic E-state index is -0.118. The number of carbonyl (C=O) groups excluding carboxylic acids is 1. The van der Waals surface area contributed by atoms with Crippen molar-refractivity contribution < 1.29 is 18.8 Å². The van der Waals surface area contributed by atoms with Crippen molar-refractivity contribution in [1.29, 1.82) is 0 Å². The lowest BCUT2D eigenvalue weighted by molar-refractivity contribution is 0.0921. The summed E-state index contributed by atoms with van der Waals surface area (Å²) in [5.41, 5.74) is 1.36. The van der Waals surface area contributed by atoms with Crippen LogP contribution in [0.2, 0.25) is 0 Å². The summed E-state index contributed by atoms with van der Waals surface area (Å²) in [6.07, 6.45) is 4.65. The van der Waals surface area contributed by atoms with Crippen molar-refractivity contribution in [3.05, 3.63) is 60.0 Å². The monoisotopic (exact) mass is 378 g/mol. The minimum Gasteiger partial charge on any atom is -0.497 e. The Kier molecular flexibility index (Phi) is 5.37. The van der Waals surface area contributed by atoms with Crippen molar-refractivity contribution in [3.8, 4) is 22.9 Å². The van der Waals surface area contributed by atoms with Gasteiger partial charge in [0.2, 0.25) is 11.7 Å². The molecule has 28 heavy (non-hydrogen) atoms. The first-order chi connectivity index (χ1) is 13.7. The smallest absolute Gasteiger partial charge is 0.230 e. The van der Waals surface area contributed by atoms with Gasteiger partial charge in [0, 0.05) is 17.0 Å². The van der Waals surface area contributed by atoms with E-state index in [1.165, 1.54) is 12.8 Å². The third kappa shape index (κ3) is 4.06. The molecule has 1 aliphatic carbocycles. The van der Waals surface area contributed by atoms with Crippen molar-refractivity contribution in [1.82, 2.24) is 10.1 Å². The number of Topliss-reactive ketones (excluding diaryl/α,β-unsaturated/α-hetero) is 1. The van der Waals surface area contributed by atoms with Gasteiger partial charge >= 0.3 is 0 Å². The number of methoxy groups -OCH3 is 1. The molecule has 0 amide bonds. The molecule has 1 aliphatic rings. The van der Waals surface area contributed by atoms with Gasteiger partial charge in [0.15, 0.2) is 12.4 Å². The molecule has 0 spiro atoms. The highest BCUT2D eigenvalue weighted by molar-refractivity contribution is 5.97. The first-order valence-electron chi connectivity index (χ1n) is 9.47. The van der Waals surface area contributed by atoms with Gasteiger partial charge in [-0.05, 0) is 37.1 Å². The van der Waals surface area contributed by atoms with Crippen LogP contribution < -0.4 is 9.47 Å². The van der Waals surface area contributed by atoms with Crippen molar-refractivity contribution in [2.24, 2.45) is 0 Å². The maximum Gasteiger partial charge on any atom is 0.230 e. The Hall–Kier alpha value is -3.15. The first-order valence-corrected chi connectivity index (χ1v) is 9.47. The Morgan fingerprint density at radius 1 is 1.11 bits per heavy atom. The molecule has 6 nitrogen and oxygen atoms in total. The van der Waals surface area contributed by atoms with Gasteiger partial charge in [0.1, 0.15) is 11.5 Å². The molecule has 144 valence electrons. The van der Waals surface area contributed by atoms with E-state index in [1.807, 2.05) is 18.2 Å². The highest BCUT2D eigenvalue weighted by Crippen LogP contribution is 2.34. The summed E-state index contributed by atoms with van der Waals surface area (Å²) in [7, 11) is 1.57. The molecule has 0 atom stereocenters. The number of aromatic nitrogens is 2. The zero-order chi connectivity index (χ0) is 19.3. The molecule has 0 unspecified atom stereocenters. The van der Waals surface area contributed by atoms with Crippen LogP contribution in [0.15, 0.2) is 53.1 Å². The van der Waals surface area contributed by atoms with E-state index < -0.39 is 0 Å². The third-order valence-electron chi connectivity index (χ3n) is 5.00. The van der Waals surface area contributed by atoms with Gasteiger partial charge in [0.25, 0.3) is 0 Å². The predicted molar refractivity (Wildman–Crippen MR) is 104 cm³/mol. The summed E-state index contributed by atoms with van der Waals surface area (Å²) in [6, 6.07) is 14.4. The summed E-state index contributed by atoms with van der Waals surface area (Å²) in [5, 5.41) is 4.11. The summed E-state index contributed by atoms with van der Waals surface area (Å²) < 4.78 is 16.3. The maximum absolute atomic E-state index is 12.4. The molecule has 2 aromatic carbocycles. The van der Waals surface area contributed by atoms with E-state index in [2.05, 4.69) is 10.1 Å². The lowest BCUT2D eigenvalue weighted by Gasteiger charge is -2.07. The summed E-state index contributed by atoms with van der Waals surface area (Å²) in [5.74, 6) is 2.75. The number of benzene rings is 2. The number of hydrogen-bond donors (Lipinski definition) is 0. The van der Waals surface area contributed by atoms with E-state index in [4.69, 9.17) is 14.0 Å². The van der Waals surface area contributed by atoms with Crippen molar-refractivity contribution in [3.63, 3.8) is 0 Å². The van der Waals surface area contributed by atoms with Gasteiger partial charge < -0.3 is 14.0 Å². The quantitative estimate of drug-likeness (QED) is 0.557. The molecule has 0 aliphatic heterocycles. The van der Waals surface area contributed by atoms with Crippen LogP contribution in [0.5, 0.6) is 11.5 Å². The molecule has 1 aromatic heterocycles. The average Bonchev–Trinajstić information content (AvgIpc) is 3.44. The van der Waals surface area contributed by atoms with Crippen LogP contribution >= 0.6 is 0 Å². The van der Waals surface area contributed by atoms with Crippen LogP contribution in [0.25, 0.3) is 11.4 Å². The van der Waals surface area contributed by atoms with Crippen molar-refractivity contribution >= 4 is 5.78 Å². The Morgan fingerprint density at radius 2 is 1.89 bits per heavy atom. The van der Waals surface area contributed by atoms with Gasteiger partial charge in [-0.25, -0.2) is 0 Å². The molecule has 3 aromatic rings. The average molecular weight is 378 g/mol. The molecule has 4 rings (SSSR count). The number of ether oxygens (including phenoxy) is 2. The van der Waals surface area contributed by atoms with Crippen LogP contribution in [0.3, 0.4) is 0 Å². The van der Waals surface area contributed by atoms with E-state index in [0.717, 1.165) is 18.4 Å². The third-order valence-corrected chi connectivity index (χ3v) is 5.00. The van der Waals surface area contributed by atoms with Crippen LogP contribution in [0.4, 0.5) is 0 Å². The van der Waals surface area contributed by atoms with Crippen molar-refractivity contribution in [2.75, 3.05) is 13.7 Å². The van der Waals surface area contributed by atoms with Crippen LogP contribution in [0, 0.1) is 0 Å². The molecule has 0 radical (unpaired) electrons.